The molecular formula is C26H32N4O2. The Hall–Kier alpha value is -2.96. The Morgan fingerprint density at radius 1 is 1.09 bits per heavy atom. The van der Waals surface area contributed by atoms with Crippen molar-refractivity contribution < 1.29 is 9.53 Å². The highest BCUT2D eigenvalue weighted by molar-refractivity contribution is 6.00. The first kappa shape index (κ1) is 22.2. The van der Waals surface area contributed by atoms with Crippen LogP contribution in [0.3, 0.4) is 0 Å². The minimum Gasteiger partial charge on any atom is -0.379 e. The molecule has 6 heteroatoms. The van der Waals surface area contributed by atoms with Crippen LogP contribution in [0.1, 0.15) is 35.3 Å². The number of amides is 1. The van der Waals surface area contributed by atoms with Crippen LogP contribution in [0.4, 0.5) is 0 Å². The molecule has 1 aliphatic rings. The van der Waals surface area contributed by atoms with E-state index in [2.05, 4.69) is 56.1 Å². The molecular weight excluding hydrogens is 400 g/mol. The fraction of sp³-hybridized carbons (Fsp3) is 0.385. The van der Waals surface area contributed by atoms with Crippen molar-refractivity contribution in [2.24, 2.45) is 0 Å². The highest BCUT2D eigenvalue weighted by Crippen LogP contribution is 2.28. The van der Waals surface area contributed by atoms with E-state index in [4.69, 9.17) is 9.84 Å². The molecule has 0 radical (unpaired) electrons. The predicted octanol–water partition coefficient (Wildman–Crippen LogP) is 4.00. The van der Waals surface area contributed by atoms with E-state index < -0.39 is 0 Å². The van der Waals surface area contributed by atoms with Crippen LogP contribution in [-0.4, -0.2) is 59.0 Å². The van der Waals surface area contributed by atoms with E-state index in [0.717, 1.165) is 43.1 Å². The average molecular weight is 433 g/mol. The van der Waals surface area contributed by atoms with E-state index in [0.29, 0.717) is 17.8 Å². The van der Waals surface area contributed by atoms with Crippen LogP contribution in [0.5, 0.6) is 0 Å². The summed E-state index contributed by atoms with van der Waals surface area (Å²) in [4.78, 5) is 15.8. The third-order valence-corrected chi connectivity index (χ3v) is 6.17. The van der Waals surface area contributed by atoms with Crippen LogP contribution in [0.2, 0.25) is 0 Å². The number of hydrogen-bond donors (Lipinski definition) is 1. The molecule has 3 aromatic rings. The van der Waals surface area contributed by atoms with E-state index in [1.807, 2.05) is 36.5 Å². The number of nitrogens with zero attached hydrogens (tertiary/aromatic N) is 3. The summed E-state index contributed by atoms with van der Waals surface area (Å²) in [5, 5.41) is 7.99. The quantitative estimate of drug-likeness (QED) is 0.640. The Labute approximate surface area is 190 Å². The lowest BCUT2D eigenvalue weighted by Crippen LogP contribution is -2.55. The molecule has 1 amide bonds. The number of nitrogens with one attached hydrogen (secondary N) is 1. The first-order valence-corrected chi connectivity index (χ1v) is 11.2. The van der Waals surface area contributed by atoms with Crippen LogP contribution in [0, 0.1) is 13.8 Å². The smallest absolute Gasteiger partial charge is 0.255 e. The molecule has 0 spiro atoms. The number of aromatic nitrogens is 2. The number of aryl methyl sites for hydroxylation is 2. The number of carbonyl (C=O) groups excluding carboxylic acids is 1. The minimum absolute atomic E-state index is 0.108. The van der Waals surface area contributed by atoms with Crippen molar-refractivity contribution in [1.29, 1.82) is 0 Å². The number of para-hydroxylation sites is 1. The van der Waals surface area contributed by atoms with Crippen LogP contribution in [0.15, 0.2) is 54.7 Å². The van der Waals surface area contributed by atoms with Crippen molar-refractivity contribution >= 4 is 5.91 Å². The fourth-order valence-corrected chi connectivity index (χ4v) is 4.20. The first-order chi connectivity index (χ1) is 15.3. The van der Waals surface area contributed by atoms with E-state index in [9.17, 15) is 4.79 Å². The molecule has 168 valence electrons. The zero-order valence-corrected chi connectivity index (χ0v) is 19.4. The second-order valence-corrected chi connectivity index (χ2v) is 9.08. The van der Waals surface area contributed by atoms with Gasteiger partial charge in [0.1, 0.15) is 5.69 Å². The monoisotopic (exact) mass is 432 g/mol. The lowest BCUT2D eigenvalue weighted by molar-refractivity contribution is -0.00923. The van der Waals surface area contributed by atoms with Crippen molar-refractivity contribution in [2.45, 2.75) is 33.2 Å². The number of carbonyl (C=O) groups is 1. The summed E-state index contributed by atoms with van der Waals surface area (Å²) in [7, 11) is 0. The summed E-state index contributed by atoms with van der Waals surface area (Å²) >= 11 is 0. The van der Waals surface area contributed by atoms with Gasteiger partial charge in [-0.1, -0.05) is 42.0 Å². The Kier molecular flexibility index (Phi) is 6.44. The van der Waals surface area contributed by atoms with Gasteiger partial charge >= 0.3 is 0 Å². The third-order valence-electron chi connectivity index (χ3n) is 6.17. The second-order valence-electron chi connectivity index (χ2n) is 9.08. The van der Waals surface area contributed by atoms with Gasteiger partial charge in [0.15, 0.2) is 0 Å². The second kappa shape index (κ2) is 9.27. The highest BCUT2D eigenvalue weighted by atomic mass is 16.5. The lowest BCUT2D eigenvalue weighted by atomic mass is 9.99. The molecule has 1 N–H and O–H groups in total. The Morgan fingerprint density at radius 3 is 2.50 bits per heavy atom. The number of rotatable bonds is 6. The first-order valence-electron chi connectivity index (χ1n) is 11.2. The van der Waals surface area contributed by atoms with Gasteiger partial charge in [0.2, 0.25) is 0 Å². The molecule has 2 aromatic carbocycles. The highest BCUT2D eigenvalue weighted by Gasteiger charge is 2.29. The van der Waals surface area contributed by atoms with Crippen LogP contribution >= 0.6 is 0 Å². The zero-order valence-electron chi connectivity index (χ0n) is 19.4. The van der Waals surface area contributed by atoms with Crippen LogP contribution < -0.4 is 5.32 Å². The SMILES string of the molecule is Cc1ccc(-c2nn(-c3ccccc3)cc2C(=O)NCC(C)(C)N2CCOCC2)c(C)c1. The van der Waals surface area contributed by atoms with Gasteiger partial charge in [-0.15, -0.1) is 0 Å². The molecule has 0 saturated carbocycles. The molecule has 2 heterocycles. The van der Waals surface area contributed by atoms with Crippen molar-refractivity contribution in [1.82, 2.24) is 20.0 Å². The maximum Gasteiger partial charge on any atom is 0.255 e. The largest absolute Gasteiger partial charge is 0.379 e. The average Bonchev–Trinajstić information content (AvgIpc) is 3.24. The summed E-state index contributed by atoms with van der Waals surface area (Å²) in [6, 6.07) is 16.1. The maximum atomic E-state index is 13.4. The molecule has 0 atom stereocenters. The van der Waals surface area contributed by atoms with Crippen molar-refractivity contribution in [3.8, 4) is 16.9 Å². The van der Waals surface area contributed by atoms with Crippen molar-refractivity contribution in [3.63, 3.8) is 0 Å². The van der Waals surface area contributed by atoms with E-state index in [-0.39, 0.29) is 11.4 Å². The minimum atomic E-state index is -0.158. The van der Waals surface area contributed by atoms with Gasteiger partial charge in [-0.25, -0.2) is 4.68 Å². The van der Waals surface area contributed by atoms with E-state index in [1.165, 1.54) is 5.56 Å². The predicted molar refractivity (Wildman–Crippen MR) is 127 cm³/mol. The molecule has 32 heavy (non-hydrogen) atoms. The summed E-state index contributed by atoms with van der Waals surface area (Å²) in [5.74, 6) is -0.108. The van der Waals surface area contributed by atoms with Gasteiger partial charge in [-0.3, -0.25) is 9.69 Å². The number of benzene rings is 2. The molecule has 1 aromatic heterocycles. The molecule has 0 bridgehead atoms. The van der Waals surface area contributed by atoms with Crippen LogP contribution in [-0.2, 0) is 4.74 Å². The summed E-state index contributed by atoms with van der Waals surface area (Å²) < 4.78 is 7.27. The van der Waals surface area contributed by atoms with E-state index >= 15 is 0 Å². The van der Waals surface area contributed by atoms with Crippen molar-refractivity contribution in [2.75, 3.05) is 32.8 Å². The Balaban J connectivity index is 1.64. The van der Waals surface area contributed by atoms with Gasteiger partial charge in [0.05, 0.1) is 24.5 Å². The Bertz CT molecular complexity index is 1080. The van der Waals surface area contributed by atoms with Gasteiger partial charge in [-0.05, 0) is 45.4 Å². The van der Waals surface area contributed by atoms with Gasteiger partial charge in [0.25, 0.3) is 5.91 Å². The Morgan fingerprint density at radius 2 is 1.81 bits per heavy atom. The zero-order chi connectivity index (χ0) is 22.7. The lowest BCUT2D eigenvalue weighted by Gasteiger charge is -2.40. The molecule has 1 aliphatic heterocycles. The molecule has 4 rings (SSSR count). The number of morpholine rings is 1. The van der Waals surface area contributed by atoms with Gasteiger partial charge < -0.3 is 10.1 Å². The summed E-state index contributed by atoms with van der Waals surface area (Å²) in [6.45, 7) is 12.2. The standard InChI is InChI=1S/C26H32N4O2/c1-19-10-11-22(20(2)16-19)24-23(17-30(28-24)21-8-6-5-7-9-21)25(31)27-18-26(3,4)29-12-14-32-15-13-29/h5-11,16-17H,12-15,18H2,1-4H3,(H,27,31). The summed E-state index contributed by atoms with van der Waals surface area (Å²) in [6.07, 6.45) is 1.83. The number of hydrogen-bond acceptors (Lipinski definition) is 4. The topological polar surface area (TPSA) is 59.4 Å². The maximum absolute atomic E-state index is 13.4. The van der Waals surface area contributed by atoms with Crippen molar-refractivity contribution in [3.05, 3.63) is 71.4 Å². The normalized spacial score (nSPS) is 15.0. The molecule has 0 aliphatic carbocycles. The fourth-order valence-electron chi connectivity index (χ4n) is 4.20. The molecule has 6 nitrogen and oxygen atoms in total. The third kappa shape index (κ3) is 4.76. The molecule has 1 saturated heterocycles. The number of ether oxygens (including phenoxy) is 1. The summed E-state index contributed by atoms with van der Waals surface area (Å²) in [5.41, 5.74) is 5.31. The van der Waals surface area contributed by atoms with E-state index in [1.54, 1.807) is 4.68 Å². The van der Waals surface area contributed by atoms with Gasteiger partial charge in [-0.2, -0.15) is 5.10 Å². The molecule has 1 fully saturated rings. The van der Waals surface area contributed by atoms with Crippen LogP contribution in [0.25, 0.3) is 16.9 Å². The van der Waals surface area contributed by atoms with Gasteiger partial charge in [0, 0.05) is 36.9 Å². The molecule has 0 unspecified atom stereocenters.